The maximum Gasteiger partial charge on any atom is 0.345 e. The third-order valence-corrected chi connectivity index (χ3v) is 2.03. The summed E-state index contributed by atoms with van der Waals surface area (Å²) in [6.45, 7) is -1.46. The molecule has 0 aromatic heterocycles. The fourth-order valence-electron chi connectivity index (χ4n) is 0.977. The topological polar surface area (TPSA) is 165 Å². The fourth-order valence-corrected chi connectivity index (χ4v) is 0.977. The second kappa shape index (κ2) is 8.08. The number of ether oxygens (including phenoxy) is 1. The van der Waals surface area contributed by atoms with Gasteiger partial charge in [-0.25, -0.2) is 4.79 Å². The molecule has 106 valence electrons. The van der Waals surface area contributed by atoms with Crippen LogP contribution in [0.5, 0.6) is 0 Å². The van der Waals surface area contributed by atoms with Crippen molar-refractivity contribution >= 4 is 11.9 Å². The Kier molecular flexibility index (Phi) is 7.59. The van der Waals surface area contributed by atoms with Crippen LogP contribution in [0.15, 0.2) is 0 Å². The second-order valence-corrected chi connectivity index (χ2v) is 3.44. The molecule has 18 heavy (non-hydrogen) atoms. The predicted molar refractivity (Wildman–Crippen MR) is 53.9 cm³/mol. The van der Waals surface area contributed by atoms with E-state index in [-0.39, 0.29) is 0 Å². The van der Waals surface area contributed by atoms with Gasteiger partial charge in [-0.1, -0.05) is 0 Å². The zero-order valence-corrected chi connectivity index (χ0v) is 9.34. The zero-order chi connectivity index (χ0) is 14.3. The van der Waals surface area contributed by atoms with Crippen LogP contribution >= 0.6 is 0 Å². The van der Waals surface area contributed by atoms with Crippen molar-refractivity contribution < 1.29 is 45.0 Å². The lowest BCUT2D eigenvalue weighted by Crippen LogP contribution is -2.49. The molecule has 4 atom stereocenters. The summed E-state index contributed by atoms with van der Waals surface area (Å²) in [6, 6.07) is 0. The molecular weight excluding hydrogens is 252 g/mol. The van der Waals surface area contributed by atoms with Crippen LogP contribution in [-0.4, -0.2) is 80.2 Å². The van der Waals surface area contributed by atoms with Gasteiger partial charge in [0.05, 0.1) is 19.6 Å². The largest absolute Gasteiger partial charge is 0.396 e. The van der Waals surface area contributed by atoms with Crippen molar-refractivity contribution in [3.05, 3.63) is 0 Å². The van der Waals surface area contributed by atoms with Gasteiger partial charge in [-0.15, -0.1) is 0 Å². The normalized spacial score (nSPS) is 17.7. The number of hydrogen-bond donors (Lipinski definition) is 6. The van der Waals surface area contributed by atoms with E-state index < -0.39 is 56.0 Å². The molecule has 0 aliphatic rings. The van der Waals surface area contributed by atoms with Gasteiger partial charge in [-0.05, 0) is 0 Å². The maximum absolute atomic E-state index is 11.1. The Balaban J connectivity index is 4.40. The molecule has 0 radical (unpaired) electrons. The Morgan fingerprint density at radius 1 is 1.00 bits per heavy atom. The van der Waals surface area contributed by atoms with Crippen molar-refractivity contribution in [1.29, 1.82) is 0 Å². The number of carbonyl (C=O) groups is 2. The Hall–Kier alpha value is -1.10. The van der Waals surface area contributed by atoms with E-state index in [0.29, 0.717) is 0 Å². The first-order valence-electron chi connectivity index (χ1n) is 5.03. The van der Waals surface area contributed by atoms with Gasteiger partial charge in [-0.2, -0.15) is 0 Å². The summed E-state index contributed by atoms with van der Waals surface area (Å²) in [5.74, 6) is -2.66. The third-order valence-electron chi connectivity index (χ3n) is 2.03. The Bertz CT molecular complexity index is 279. The summed E-state index contributed by atoms with van der Waals surface area (Å²) in [5.41, 5.74) is 0. The summed E-state index contributed by atoms with van der Waals surface area (Å²) in [4.78, 5) is 21.9. The highest BCUT2D eigenvalue weighted by Crippen LogP contribution is 2.07. The standard InChI is InChI=1S/C9H16O9/c10-2-1-5(13)18-9(17)8(16)7(15)6(14)4(12)3-11/h4,6-8,10-12,14-16H,1-3H2/t4-,6-,7+,8-/m1/s1. The molecule has 0 heterocycles. The van der Waals surface area contributed by atoms with Gasteiger partial charge < -0.3 is 35.4 Å². The van der Waals surface area contributed by atoms with E-state index in [0.717, 1.165) is 0 Å². The van der Waals surface area contributed by atoms with Crippen molar-refractivity contribution in [2.75, 3.05) is 13.2 Å². The Labute approximate surface area is 102 Å². The van der Waals surface area contributed by atoms with Crippen LogP contribution in [0.3, 0.4) is 0 Å². The van der Waals surface area contributed by atoms with Crippen LogP contribution in [0.2, 0.25) is 0 Å². The predicted octanol–water partition coefficient (Wildman–Crippen LogP) is -4.13. The molecule has 0 spiro atoms. The summed E-state index contributed by atoms with van der Waals surface area (Å²) < 4.78 is 4.03. The van der Waals surface area contributed by atoms with Crippen molar-refractivity contribution in [3.8, 4) is 0 Å². The van der Waals surface area contributed by atoms with E-state index in [4.69, 9.17) is 15.3 Å². The van der Waals surface area contributed by atoms with E-state index in [1.807, 2.05) is 0 Å². The number of esters is 2. The van der Waals surface area contributed by atoms with Crippen LogP contribution in [0.4, 0.5) is 0 Å². The molecule has 9 nitrogen and oxygen atoms in total. The summed E-state index contributed by atoms with van der Waals surface area (Å²) in [5, 5.41) is 53.5. The lowest BCUT2D eigenvalue weighted by molar-refractivity contribution is -0.177. The van der Waals surface area contributed by atoms with Crippen LogP contribution in [0, 0.1) is 0 Å². The SMILES string of the molecule is O=C(CCO)OC(=O)[C@H](O)[C@@H](O)[C@H](O)[C@H](O)CO. The molecule has 0 saturated heterocycles. The van der Waals surface area contributed by atoms with Gasteiger partial charge in [0, 0.05) is 0 Å². The van der Waals surface area contributed by atoms with Gasteiger partial charge in [0.15, 0.2) is 6.10 Å². The van der Waals surface area contributed by atoms with Gasteiger partial charge in [0.25, 0.3) is 0 Å². The molecule has 0 aromatic rings. The van der Waals surface area contributed by atoms with Gasteiger partial charge in [0.2, 0.25) is 0 Å². The molecular formula is C9H16O9. The van der Waals surface area contributed by atoms with Crippen molar-refractivity contribution in [2.24, 2.45) is 0 Å². The van der Waals surface area contributed by atoms with Crippen molar-refractivity contribution in [1.82, 2.24) is 0 Å². The number of aliphatic hydroxyl groups excluding tert-OH is 6. The van der Waals surface area contributed by atoms with E-state index in [9.17, 15) is 24.9 Å². The molecule has 0 bridgehead atoms. The molecule has 6 N–H and O–H groups in total. The van der Waals surface area contributed by atoms with E-state index in [1.165, 1.54) is 0 Å². The Morgan fingerprint density at radius 2 is 1.56 bits per heavy atom. The van der Waals surface area contributed by atoms with Crippen molar-refractivity contribution in [2.45, 2.75) is 30.8 Å². The summed E-state index contributed by atoms with van der Waals surface area (Å²) in [6.07, 6.45) is -8.65. The minimum absolute atomic E-state index is 0.476. The minimum atomic E-state index is -2.27. The smallest absolute Gasteiger partial charge is 0.345 e. The first-order chi connectivity index (χ1) is 8.34. The molecule has 0 fully saturated rings. The zero-order valence-electron chi connectivity index (χ0n) is 9.34. The van der Waals surface area contributed by atoms with E-state index >= 15 is 0 Å². The second-order valence-electron chi connectivity index (χ2n) is 3.44. The molecule has 0 amide bonds. The Morgan fingerprint density at radius 3 is 2.00 bits per heavy atom. The van der Waals surface area contributed by atoms with E-state index in [2.05, 4.69) is 4.74 Å². The molecule has 0 unspecified atom stereocenters. The quantitative estimate of drug-likeness (QED) is 0.198. The molecule has 0 rings (SSSR count). The van der Waals surface area contributed by atoms with Gasteiger partial charge >= 0.3 is 11.9 Å². The first-order valence-corrected chi connectivity index (χ1v) is 5.03. The lowest BCUT2D eigenvalue weighted by Gasteiger charge is -2.24. The molecule has 0 aromatic carbocycles. The fraction of sp³-hybridized carbons (Fsp3) is 0.778. The molecule has 0 saturated carbocycles. The lowest BCUT2D eigenvalue weighted by atomic mass is 10.0. The highest BCUT2D eigenvalue weighted by atomic mass is 16.6. The number of carbonyl (C=O) groups excluding carboxylic acids is 2. The number of hydrogen-bond acceptors (Lipinski definition) is 9. The first kappa shape index (κ1) is 16.9. The summed E-state index contributed by atoms with van der Waals surface area (Å²) in [7, 11) is 0. The minimum Gasteiger partial charge on any atom is -0.396 e. The third kappa shape index (κ3) is 5.04. The highest BCUT2D eigenvalue weighted by molar-refractivity contribution is 5.88. The van der Waals surface area contributed by atoms with Crippen molar-refractivity contribution in [3.63, 3.8) is 0 Å². The molecule has 0 aliphatic heterocycles. The molecule has 9 heteroatoms. The maximum atomic E-state index is 11.1. The summed E-state index contributed by atoms with van der Waals surface area (Å²) >= 11 is 0. The van der Waals surface area contributed by atoms with Gasteiger partial charge in [-0.3, -0.25) is 4.79 Å². The molecule has 0 aliphatic carbocycles. The van der Waals surface area contributed by atoms with Gasteiger partial charge in [0.1, 0.15) is 18.3 Å². The van der Waals surface area contributed by atoms with Crippen LogP contribution in [0.1, 0.15) is 6.42 Å². The van der Waals surface area contributed by atoms with Crippen LogP contribution < -0.4 is 0 Å². The monoisotopic (exact) mass is 268 g/mol. The average Bonchev–Trinajstić information content (AvgIpc) is 2.35. The average molecular weight is 268 g/mol. The van der Waals surface area contributed by atoms with Crippen LogP contribution in [-0.2, 0) is 14.3 Å². The highest BCUT2D eigenvalue weighted by Gasteiger charge is 2.35. The number of rotatable bonds is 7. The van der Waals surface area contributed by atoms with E-state index in [1.54, 1.807) is 0 Å². The van der Waals surface area contributed by atoms with Crippen LogP contribution in [0.25, 0.3) is 0 Å². The number of aliphatic hydroxyl groups is 6.